The van der Waals surface area contributed by atoms with Gasteiger partial charge < -0.3 is 29.7 Å². The summed E-state index contributed by atoms with van der Waals surface area (Å²) in [5.74, 6) is -2.56. The van der Waals surface area contributed by atoms with E-state index in [9.17, 15) is 19.5 Å². The van der Waals surface area contributed by atoms with Crippen LogP contribution < -0.4 is 45.3 Å². The van der Waals surface area contributed by atoms with E-state index in [1.165, 1.54) is 18.2 Å². The largest absolute Gasteiger partial charge is 1.00 e. The SMILES string of the molecule is O=C(COCC(=O)Nc1ccc(Cl)cc1C(=O)[O-])Nc1cccc(-c2ccoc2)c1.[Na+]. The molecule has 0 saturated carbocycles. The Labute approximate surface area is 204 Å². The zero-order valence-electron chi connectivity index (χ0n) is 16.5. The first-order valence-corrected chi connectivity index (χ1v) is 9.11. The van der Waals surface area contributed by atoms with Crippen LogP contribution in [0.15, 0.2) is 65.5 Å². The molecule has 0 atom stereocenters. The quantitative estimate of drug-likeness (QED) is 0.449. The minimum Gasteiger partial charge on any atom is -0.545 e. The Morgan fingerprint density at radius 1 is 0.968 bits per heavy atom. The number of furan rings is 1. The fourth-order valence-electron chi connectivity index (χ4n) is 2.62. The van der Waals surface area contributed by atoms with Crippen molar-refractivity contribution in [3.05, 3.63) is 71.6 Å². The van der Waals surface area contributed by atoms with Crippen molar-refractivity contribution in [3.8, 4) is 11.1 Å². The second-order valence-electron chi connectivity index (χ2n) is 6.16. The zero-order valence-corrected chi connectivity index (χ0v) is 19.3. The van der Waals surface area contributed by atoms with Gasteiger partial charge in [0.05, 0.1) is 18.5 Å². The number of carboxylic acid groups (broad SMARTS) is 1. The van der Waals surface area contributed by atoms with E-state index in [2.05, 4.69) is 10.6 Å². The Bertz CT molecular complexity index is 1070. The van der Waals surface area contributed by atoms with Gasteiger partial charge in [0.25, 0.3) is 0 Å². The minimum atomic E-state index is -1.48. The number of aromatic carboxylic acids is 1. The van der Waals surface area contributed by atoms with E-state index >= 15 is 0 Å². The molecule has 31 heavy (non-hydrogen) atoms. The molecule has 0 spiro atoms. The van der Waals surface area contributed by atoms with Crippen molar-refractivity contribution < 1.29 is 58.2 Å². The summed E-state index contributed by atoms with van der Waals surface area (Å²) in [5.41, 5.74) is 2.07. The molecular formula is C21H16ClN2NaO6. The third-order valence-electron chi connectivity index (χ3n) is 3.94. The van der Waals surface area contributed by atoms with Gasteiger partial charge in [-0.3, -0.25) is 9.59 Å². The van der Waals surface area contributed by atoms with Crippen molar-refractivity contribution in [2.75, 3.05) is 23.8 Å². The Morgan fingerprint density at radius 2 is 1.71 bits per heavy atom. The monoisotopic (exact) mass is 450 g/mol. The summed E-state index contributed by atoms with van der Waals surface area (Å²) >= 11 is 5.74. The second-order valence-corrected chi connectivity index (χ2v) is 6.60. The summed E-state index contributed by atoms with van der Waals surface area (Å²) < 4.78 is 10.1. The van der Waals surface area contributed by atoms with E-state index in [0.717, 1.165) is 11.1 Å². The van der Waals surface area contributed by atoms with Crippen LogP contribution in [-0.4, -0.2) is 31.0 Å². The molecule has 2 N–H and O–H groups in total. The average Bonchev–Trinajstić information content (AvgIpc) is 3.24. The van der Waals surface area contributed by atoms with Gasteiger partial charge in [-0.25, -0.2) is 0 Å². The number of benzene rings is 2. The van der Waals surface area contributed by atoms with Gasteiger partial charge in [0.1, 0.15) is 13.2 Å². The summed E-state index contributed by atoms with van der Waals surface area (Å²) in [6.07, 6.45) is 3.15. The van der Waals surface area contributed by atoms with E-state index in [4.69, 9.17) is 20.8 Å². The molecule has 3 rings (SSSR count). The smallest absolute Gasteiger partial charge is 0.545 e. The summed E-state index contributed by atoms with van der Waals surface area (Å²) in [6, 6.07) is 12.9. The van der Waals surface area contributed by atoms with Crippen LogP contribution in [0.25, 0.3) is 11.1 Å². The third kappa shape index (κ3) is 7.23. The molecule has 0 aliphatic rings. The second kappa shape index (κ2) is 11.7. The number of carboxylic acids is 1. The average molecular weight is 451 g/mol. The first kappa shape index (κ1) is 24.6. The van der Waals surface area contributed by atoms with Gasteiger partial charge in [-0.15, -0.1) is 0 Å². The van der Waals surface area contributed by atoms with Crippen molar-refractivity contribution in [1.29, 1.82) is 0 Å². The first-order chi connectivity index (χ1) is 14.4. The van der Waals surface area contributed by atoms with Gasteiger partial charge in [-0.05, 0) is 42.0 Å². The molecule has 2 amide bonds. The van der Waals surface area contributed by atoms with Crippen LogP contribution in [0.5, 0.6) is 0 Å². The van der Waals surface area contributed by atoms with Gasteiger partial charge in [-0.2, -0.15) is 0 Å². The molecule has 0 unspecified atom stereocenters. The molecule has 8 nitrogen and oxygen atoms in total. The third-order valence-corrected chi connectivity index (χ3v) is 4.18. The Hall–Kier alpha value is -2.62. The maximum absolute atomic E-state index is 12.0. The standard InChI is InChI=1S/C21H17ClN2O6.Na/c22-15-4-5-18(17(9-15)21(27)28)24-20(26)12-30-11-19(25)23-16-3-1-2-13(8-16)14-6-7-29-10-14;/h1-10H,11-12H2,(H,23,25)(H,24,26)(H,27,28);/q;+1/p-1. The van der Waals surface area contributed by atoms with Gasteiger partial charge in [0.2, 0.25) is 11.8 Å². The normalized spacial score (nSPS) is 10.1. The summed E-state index contributed by atoms with van der Waals surface area (Å²) in [7, 11) is 0. The number of carbonyl (C=O) groups excluding carboxylic acids is 3. The predicted molar refractivity (Wildman–Crippen MR) is 108 cm³/mol. The zero-order chi connectivity index (χ0) is 21.5. The van der Waals surface area contributed by atoms with Crippen molar-refractivity contribution >= 4 is 40.8 Å². The molecule has 3 aromatic rings. The number of rotatable bonds is 8. The number of hydrogen-bond acceptors (Lipinski definition) is 6. The van der Waals surface area contributed by atoms with Crippen LogP contribution in [0, 0.1) is 0 Å². The molecule has 0 aliphatic heterocycles. The number of carbonyl (C=O) groups is 3. The fraction of sp³-hybridized carbons (Fsp3) is 0.0952. The minimum absolute atomic E-state index is 0. The van der Waals surface area contributed by atoms with Crippen LogP contribution >= 0.6 is 11.6 Å². The molecule has 0 bridgehead atoms. The Kier molecular flexibility index (Phi) is 9.29. The van der Waals surface area contributed by atoms with E-state index in [0.29, 0.717) is 5.69 Å². The van der Waals surface area contributed by atoms with Crippen molar-refractivity contribution in [1.82, 2.24) is 0 Å². The maximum Gasteiger partial charge on any atom is 1.00 e. The van der Waals surface area contributed by atoms with Gasteiger partial charge in [-0.1, -0.05) is 23.7 Å². The van der Waals surface area contributed by atoms with Crippen molar-refractivity contribution in [3.63, 3.8) is 0 Å². The molecule has 10 heteroatoms. The molecular weight excluding hydrogens is 435 g/mol. The molecule has 154 valence electrons. The van der Waals surface area contributed by atoms with Crippen LogP contribution in [0.1, 0.15) is 10.4 Å². The molecule has 2 aromatic carbocycles. The summed E-state index contributed by atoms with van der Waals surface area (Å²) in [5, 5.41) is 16.4. The number of anilines is 2. The molecule has 1 heterocycles. The van der Waals surface area contributed by atoms with E-state index in [1.807, 2.05) is 6.07 Å². The fourth-order valence-corrected chi connectivity index (χ4v) is 2.79. The molecule has 0 fully saturated rings. The van der Waals surface area contributed by atoms with Gasteiger partial charge in [0.15, 0.2) is 0 Å². The van der Waals surface area contributed by atoms with Crippen LogP contribution in [0.4, 0.5) is 11.4 Å². The van der Waals surface area contributed by atoms with E-state index in [-0.39, 0.29) is 52.4 Å². The molecule has 0 saturated heterocycles. The van der Waals surface area contributed by atoms with Crippen LogP contribution in [-0.2, 0) is 14.3 Å². The number of hydrogen-bond donors (Lipinski definition) is 2. The van der Waals surface area contributed by atoms with Crippen LogP contribution in [0.3, 0.4) is 0 Å². The van der Waals surface area contributed by atoms with E-state index < -0.39 is 24.4 Å². The van der Waals surface area contributed by atoms with Gasteiger partial charge in [0, 0.05) is 27.5 Å². The molecule has 1 aromatic heterocycles. The summed E-state index contributed by atoms with van der Waals surface area (Å²) in [6.45, 7) is -0.811. The van der Waals surface area contributed by atoms with Crippen molar-refractivity contribution in [2.45, 2.75) is 0 Å². The number of halogens is 1. The van der Waals surface area contributed by atoms with E-state index in [1.54, 1.807) is 36.8 Å². The number of nitrogens with one attached hydrogen (secondary N) is 2. The van der Waals surface area contributed by atoms with Gasteiger partial charge >= 0.3 is 29.6 Å². The Balaban J connectivity index is 0.00000341. The predicted octanol–water partition coefficient (Wildman–Crippen LogP) is -0.439. The molecule has 0 radical (unpaired) electrons. The Morgan fingerprint density at radius 3 is 2.39 bits per heavy atom. The molecule has 0 aliphatic carbocycles. The van der Waals surface area contributed by atoms with Crippen LogP contribution in [0.2, 0.25) is 5.02 Å². The van der Waals surface area contributed by atoms with Crippen molar-refractivity contribution in [2.24, 2.45) is 0 Å². The summed E-state index contributed by atoms with van der Waals surface area (Å²) in [4.78, 5) is 35.1. The number of amides is 2. The topological polar surface area (TPSA) is 121 Å². The maximum atomic E-state index is 12.0. The number of ether oxygens (including phenoxy) is 1. The first-order valence-electron chi connectivity index (χ1n) is 8.73.